The lowest BCUT2D eigenvalue weighted by Crippen LogP contribution is -2.28. The molecule has 2 N–H and O–H groups in total. The molecule has 0 amide bonds. The summed E-state index contributed by atoms with van der Waals surface area (Å²) in [6.07, 6.45) is 2.68. The maximum atomic E-state index is 9.28. The maximum absolute atomic E-state index is 9.28. The molecule has 1 aromatic rings. The van der Waals surface area contributed by atoms with Crippen molar-refractivity contribution in [2.75, 3.05) is 5.32 Å². The van der Waals surface area contributed by atoms with Crippen LogP contribution in [0.1, 0.15) is 19.4 Å². The number of hydrogen-bond acceptors (Lipinski definition) is 4. The second kappa shape index (κ2) is 4.58. The summed E-state index contributed by atoms with van der Waals surface area (Å²) < 4.78 is 0. The highest BCUT2D eigenvalue weighted by atomic mass is 16.3. The van der Waals surface area contributed by atoms with Crippen molar-refractivity contribution in [3.8, 4) is 6.07 Å². The first-order valence-corrected chi connectivity index (χ1v) is 4.44. The van der Waals surface area contributed by atoms with Crippen LogP contribution in [0.15, 0.2) is 18.5 Å². The van der Waals surface area contributed by atoms with Crippen molar-refractivity contribution in [1.29, 1.82) is 5.26 Å². The Labute approximate surface area is 83.2 Å². The van der Waals surface area contributed by atoms with E-state index in [1.54, 1.807) is 25.4 Å². The summed E-state index contributed by atoms with van der Waals surface area (Å²) >= 11 is 0. The molecular formula is C10H13N3O. The average molecular weight is 191 g/mol. The van der Waals surface area contributed by atoms with Crippen molar-refractivity contribution in [1.82, 2.24) is 4.98 Å². The van der Waals surface area contributed by atoms with E-state index in [1.165, 1.54) is 0 Å². The monoisotopic (exact) mass is 191 g/mol. The lowest BCUT2D eigenvalue weighted by Gasteiger charge is -2.18. The minimum Gasteiger partial charge on any atom is -0.391 e. The molecule has 4 heteroatoms. The zero-order valence-corrected chi connectivity index (χ0v) is 8.23. The van der Waals surface area contributed by atoms with Gasteiger partial charge >= 0.3 is 0 Å². The van der Waals surface area contributed by atoms with Gasteiger partial charge in [0.05, 0.1) is 23.6 Å². The Balaban J connectivity index is 2.82. The third kappa shape index (κ3) is 2.44. The van der Waals surface area contributed by atoms with Gasteiger partial charge in [-0.1, -0.05) is 0 Å². The standard InChI is InChI=1S/C10H13N3O/c1-7(8(2)14)13-10-6-12-4-3-9(10)5-11/h3-4,6-8,13-14H,1-2H3. The van der Waals surface area contributed by atoms with Gasteiger partial charge in [0.25, 0.3) is 0 Å². The zero-order valence-electron chi connectivity index (χ0n) is 8.23. The van der Waals surface area contributed by atoms with Crippen molar-refractivity contribution < 1.29 is 5.11 Å². The Morgan fingerprint density at radius 1 is 1.57 bits per heavy atom. The van der Waals surface area contributed by atoms with Crippen LogP contribution in [0.4, 0.5) is 5.69 Å². The van der Waals surface area contributed by atoms with Gasteiger partial charge in [-0.3, -0.25) is 4.98 Å². The Morgan fingerprint density at radius 3 is 2.86 bits per heavy atom. The zero-order chi connectivity index (χ0) is 10.6. The van der Waals surface area contributed by atoms with E-state index in [0.717, 1.165) is 0 Å². The predicted molar refractivity (Wildman–Crippen MR) is 53.7 cm³/mol. The highest BCUT2D eigenvalue weighted by Gasteiger charge is 2.10. The third-order valence-corrected chi connectivity index (χ3v) is 2.05. The molecule has 0 aliphatic carbocycles. The highest BCUT2D eigenvalue weighted by molar-refractivity contribution is 5.55. The second-order valence-corrected chi connectivity index (χ2v) is 3.21. The minimum absolute atomic E-state index is 0.105. The first-order chi connectivity index (χ1) is 6.65. The van der Waals surface area contributed by atoms with Crippen LogP contribution in [0.2, 0.25) is 0 Å². The summed E-state index contributed by atoms with van der Waals surface area (Å²) in [4.78, 5) is 3.91. The normalized spacial score (nSPS) is 14.1. The van der Waals surface area contributed by atoms with Gasteiger partial charge in [-0.25, -0.2) is 0 Å². The van der Waals surface area contributed by atoms with E-state index >= 15 is 0 Å². The van der Waals surface area contributed by atoms with Crippen LogP contribution in [0.25, 0.3) is 0 Å². The van der Waals surface area contributed by atoms with Crippen LogP contribution in [0.3, 0.4) is 0 Å². The number of rotatable bonds is 3. The predicted octanol–water partition coefficient (Wildman–Crippen LogP) is 1.13. The second-order valence-electron chi connectivity index (χ2n) is 3.21. The molecule has 0 aliphatic rings. The van der Waals surface area contributed by atoms with Crippen molar-refractivity contribution in [2.24, 2.45) is 0 Å². The van der Waals surface area contributed by atoms with Gasteiger partial charge in [0.1, 0.15) is 6.07 Å². The molecule has 74 valence electrons. The molecule has 0 aromatic carbocycles. The number of nitrogens with zero attached hydrogens (tertiary/aromatic N) is 2. The highest BCUT2D eigenvalue weighted by Crippen LogP contribution is 2.13. The summed E-state index contributed by atoms with van der Waals surface area (Å²) in [6.45, 7) is 3.54. The fraction of sp³-hybridized carbons (Fsp3) is 0.400. The van der Waals surface area contributed by atoms with Gasteiger partial charge in [-0.2, -0.15) is 5.26 Å². The number of nitriles is 1. The smallest absolute Gasteiger partial charge is 0.101 e. The molecule has 0 saturated carbocycles. The van der Waals surface area contributed by atoms with Gasteiger partial charge < -0.3 is 10.4 Å². The van der Waals surface area contributed by atoms with Crippen molar-refractivity contribution in [3.63, 3.8) is 0 Å². The van der Waals surface area contributed by atoms with Crippen LogP contribution in [0.5, 0.6) is 0 Å². The van der Waals surface area contributed by atoms with Crippen LogP contribution in [-0.4, -0.2) is 22.2 Å². The third-order valence-electron chi connectivity index (χ3n) is 2.05. The van der Waals surface area contributed by atoms with Crippen LogP contribution in [0, 0.1) is 11.3 Å². The largest absolute Gasteiger partial charge is 0.391 e. The molecular weight excluding hydrogens is 178 g/mol. The number of aliphatic hydroxyl groups excluding tert-OH is 1. The molecule has 0 radical (unpaired) electrons. The number of aliphatic hydroxyl groups is 1. The minimum atomic E-state index is -0.471. The molecule has 0 aliphatic heterocycles. The Hall–Kier alpha value is -1.60. The summed E-state index contributed by atoms with van der Waals surface area (Å²) in [5.41, 5.74) is 1.19. The Kier molecular flexibility index (Phi) is 3.43. The molecule has 1 heterocycles. The first-order valence-electron chi connectivity index (χ1n) is 4.44. The van der Waals surface area contributed by atoms with Gasteiger partial charge in [-0.05, 0) is 19.9 Å². The van der Waals surface area contributed by atoms with E-state index in [4.69, 9.17) is 5.26 Å². The molecule has 0 fully saturated rings. The number of pyridine rings is 1. The molecule has 14 heavy (non-hydrogen) atoms. The Bertz CT molecular complexity index is 343. The van der Waals surface area contributed by atoms with Crippen molar-refractivity contribution >= 4 is 5.69 Å². The quantitative estimate of drug-likeness (QED) is 0.751. The fourth-order valence-corrected chi connectivity index (χ4v) is 0.973. The van der Waals surface area contributed by atoms with Crippen LogP contribution in [-0.2, 0) is 0 Å². The number of nitrogens with one attached hydrogen (secondary N) is 1. The fourth-order valence-electron chi connectivity index (χ4n) is 0.973. The molecule has 0 bridgehead atoms. The first kappa shape index (κ1) is 10.5. The number of anilines is 1. The van der Waals surface area contributed by atoms with Crippen LogP contribution < -0.4 is 5.32 Å². The maximum Gasteiger partial charge on any atom is 0.101 e. The van der Waals surface area contributed by atoms with E-state index in [1.807, 2.05) is 6.92 Å². The average Bonchev–Trinajstić information content (AvgIpc) is 2.18. The van der Waals surface area contributed by atoms with Crippen LogP contribution >= 0.6 is 0 Å². The van der Waals surface area contributed by atoms with E-state index in [0.29, 0.717) is 11.3 Å². The number of aromatic nitrogens is 1. The Morgan fingerprint density at radius 2 is 2.29 bits per heavy atom. The summed E-state index contributed by atoms with van der Waals surface area (Å²) in [7, 11) is 0. The molecule has 4 nitrogen and oxygen atoms in total. The van der Waals surface area contributed by atoms with Gasteiger partial charge in [0.15, 0.2) is 0 Å². The van der Waals surface area contributed by atoms with Crippen molar-refractivity contribution in [3.05, 3.63) is 24.0 Å². The van der Waals surface area contributed by atoms with Crippen molar-refractivity contribution in [2.45, 2.75) is 26.0 Å². The summed E-state index contributed by atoms with van der Waals surface area (Å²) in [5, 5.41) is 21.1. The van der Waals surface area contributed by atoms with E-state index < -0.39 is 6.10 Å². The van der Waals surface area contributed by atoms with Gasteiger partial charge in [0.2, 0.25) is 0 Å². The summed E-state index contributed by atoms with van der Waals surface area (Å²) in [5.74, 6) is 0. The molecule has 0 saturated heterocycles. The molecule has 1 rings (SSSR count). The van der Waals surface area contributed by atoms with E-state index in [-0.39, 0.29) is 6.04 Å². The lowest BCUT2D eigenvalue weighted by atomic mass is 10.2. The van der Waals surface area contributed by atoms with Gasteiger partial charge in [-0.15, -0.1) is 0 Å². The van der Waals surface area contributed by atoms with E-state index in [2.05, 4.69) is 16.4 Å². The lowest BCUT2D eigenvalue weighted by molar-refractivity contribution is 0.178. The number of hydrogen-bond donors (Lipinski definition) is 2. The topological polar surface area (TPSA) is 68.9 Å². The molecule has 2 unspecified atom stereocenters. The molecule has 2 atom stereocenters. The molecule has 0 spiro atoms. The summed E-state index contributed by atoms with van der Waals surface area (Å²) in [6, 6.07) is 3.59. The van der Waals surface area contributed by atoms with E-state index in [9.17, 15) is 5.11 Å². The SMILES string of the molecule is CC(O)C(C)Nc1cnccc1C#N. The molecule has 1 aromatic heterocycles. The van der Waals surface area contributed by atoms with Gasteiger partial charge in [0, 0.05) is 12.2 Å².